The van der Waals surface area contributed by atoms with Crippen LogP contribution in [0.3, 0.4) is 0 Å². The zero-order chi connectivity index (χ0) is 33.5. The van der Waals surface area contributed by atoms with E-state index in [1.54, 1.807) is 0 Å². The van der Waals surface area contributed by atoms with Crippen LogP contribution in [0.25, 0.3) is 0 Å². The van der Waals surface area contributed by atoms with Crippen LogP contribution in [0.5, 0.6) is 0 Å². The topological polar surface area (TPSA) is 50.5 Å². The molecule has 0 fully saturated rings. The first-order valence-electron chi connectivity index (χ1n) is 15.6. The first-order chi connectivity index (χ1) is 21.4. The van der Waals surface area contributed by atoms with Crippen LogP contribution in [0.1, 0.15) is 124 Å². The number of aromatic nitrogens is 2. The molecule has 4 nitrogen and oxygen atoms in total. The summed E-state index contributed by atoms with van der Waals surface area (Å²) in [4.78, 5) is 18.5. The van der Waals surface area contributed by atoms with E-state index in [0.717, 1.165) is 34.2 Å². The van der Waals surface area contributed by atoms with Crippen molar-refractivity contribution in [2.24, 2.45) is 9.98 Å². The Bertz CT molecular complexity index is 1380. The number of aliphatic imine (C=N–C) groups is 2. The number of nitrogens with zero attached hydrogens (tertiary/aromatic N) is 4. The second-order valence-corrected chi connectivity index (χ2v) is 14.8. The van der Waals surface area contributed by atoms with E-state index in [1.807, 2.05) is 62.7 Å². The Morgan fingerprint density at radius 1 is 0.511 bits per heavy atom. The summed E-state index contributed by atoms with van der Waals surface area (Å²) < 4.78 is 0. The molecule has 0 N–H and O–H groups in total. The first kappa shape index (κ1) is 38.6. The summed E-state index contributed by atoms with van der Waals surface area (Å²) in [5, 5.41) is 0. The number of para-hydroxylation sites is 2. The number of benzene rings is 2. The third kappa shape index (κ3) is 12.6. The van der Waals surface area contributed by atoms with Gasteiger partial charge < -0.3 is 0 Å². The van der Waals surface area contributed by atoms with Crippen LogP contribution in [-0.2, 0) is 17.0 Å². The molecule has 2 heterocycles. The van der Waals surface area contributed by atoms with Crippen molar-refractivity contribution in [3.63, 3.8) is 0 Å². The molecule has 4 aromatic rings. The monoisotopic (exact) mass is 678 g/mol. The molecule has 0 spiro atoms. The van der Waals surface area contributed by atoms with Gasteiger partial charge in [-0.3, -0.25) is 20.0 Å². The van der Waals surface area contributed by atoms with Gasteiger partial charge in [0.15, 0.2) is 0 Å². The molecule has 0 saturated heterocycles. The van der Waals surface area contributed by atoms with Crippen LogP contribution < -0.4 is 0 Å². The minimum absolute atomic E-state index is 0.460. The summed E-state index contributed by atoms with van der Waals surface area (Å²) >= 11 is -0.556. The molecule has 0 amide bonds. The number of hydrogen-bond donors (Lipinski definition) is 0. The zero-order valence-electron chi connectivity index (χ0n) is 28.4. The summed E-state index contributed by atoms with van der Waals surface area (Å²) in [6.45, 7) is 21.7. The maximum absolute atomic E-state index is 4.89. The molecule has 45 heavy (non-hydrogen) atoms. The average Bonchev–Trinajstić information content (AvgIpc) is 2.99. The van der Waals surface area contributed by atoms with Crippen LogP contribution in [0.2, 0.25) is 0 Å². The quantitative estimate of drug-likeness (QED) is 0.137. The first-order valence-corrected chi connectivity index (χ1v) is 19.9. The van der Waals surface area contributed by atoms with Crippen molar-refractivity contribution in [3.05, 3.63) is 118 Å². The Balaban J connectivity index is 0.000000288. The summed E-state index contributed by atoms with van der Waals surface area (Å²) in [6.07, 6.45) is 3.75. The van der Waals surface area contributed by atoms with Gasteiger partial charge in [-0.2, -0.15) is 0 Å². The van der Waals surface area contributed by atoms with E-state index in [9.17, 15) is 0 Å². The van der Waals surface area contributed by atoms with Crippen LogP contribution >= 0.6 is 18.6 Å². The fourth-order valence-electron chi connectivity index (χ4n) is 4.86. The van der Waals surface area contributed by atoms with Gasteiger partial charge in [-0.25, -0.2) is 0 Å². The van der Waals surface area contributed by atoms with Gasteiger partial charge in [-0.1, -0.05) is 104 Å². The standard InChI is InChI=1S/2C19H24N2.2ClH.Ti/c2*1-13(2)17-10-7-11-18(14(3)4)19(17)20-12-16-9-6-8-15(5)21-16;;;/h2*6-14H,1-5H3;2*1H;/q;;;;+2/p-2. The Morgan fingerprint density at radius 3 is 1.02 bits per heavy atom. The van der Waals surface area contributed by atoms with Crippen LogP contribution in [0, 0.1) is 13.8 Å². The molecule has 2 aromatic carbocycles. The Kier molecular flexibility index (Phi) is 17.0. The zero-order valence-corrected chi connectivity index (χ0v) is 31.5. The van der Waals surface area contributed by atoms with Gasteiger partial charge in [0.2, 0.25) is 0 Å². The van der Waals surface area contributed by atoms with Crippen LogP contribution in [0.4, 0.5) is 11.4 Å². The molecule has 0 bridgehead atoms. The van der Waals surface area contributed by atoms with Gasteiger partial charge in [-0.05, 0) is 84.0 Å². The van der Waals surface area contributed by atoms with Gasteiger partial charge in [0.25, 0.3) is 0 Å². The Labute approximate surface area is 288 Å². The molecule has 4 rings (SSSR count). The van der Waals surface area contributed by atoms with E-state index < -0.39 is 17.0 Å². The van der Waals surface area contributed by atoms with Crippen molar-refractivity contribution < 1.29 is 17.0 Å². The Hall–Kier alpha value is -2.63. The van der Waals surface area contributed by atoms with E-state index in [-0.39, 0.29) is 0 Å². The maximum atomic E-state index is 4.89. The SMILES string of the molecule is Cc1cccc(C=Nc2c(C(C)C)cccc2C(C)C)n1.Cc1cccc(C=Nc2c(C(C)C)cccc2C(C)C)n1.[Cl][Ti][Cl]. The summed E-state index contributed by atoms with van der Waals surface area (Å²) in [7, 11) is 9.78. The molecule has 0 radical (unpaired) electrons. The molecule has 238 valence electrons. The molecule has 0 unspecified atom stereocenters. The molecule has 7 heteroatoms. The summed E-state index contributed by atoms with van der Waals surface area (Å²) in [5.41, 5.74) is 11.2. The van der Waals surface area contributed by atoms with Crippen molar-refractivity contribution >= 4 is 42.4 Å². The third-order valence-electron chi connectivity index (χ3n) is 7.16. The fourth-order valence-corrected chi connectivity index (χ4v) is 4.86. The molecule has 0 aliphatic rings. The predicted molar refractivity (Wildman–Crippen MR) is 193 cm³/mol. The van der Waals surface area contributed by atoms with Gasteiger partial charge in [0.1, 0.15) is 0 Å². The van der Waals surface area contributed by atoms with Crippen molar-refractivity contribution in [1.82, 2.24) is 9.97 Å². The van der Waals surface area contributed by atoms with Crippen molar-refractivity contribution in [2.75, 3.05) is 0 Å². The number of pyridine rings is 2. The summed E-state index contributed by atoms with van der Waals surface area (Å²) in [6, 6.07) is 25.0. The number of aryl methyl sites for hydroxylation is 2. The van der Waals surface area contributed by atoms with E-state index in [0.29, 0.717) is 23.7 Å². The molecule has 0 aliphatic carbocycles. The van der Waals surface area contributed by atoms with Crippen LogP contribution in [0.15, 0.2) is 82.8 Å². The predicted octanol–water partition coefficient (Wildman–Crippen LogP) is 12.2. The second kappa shape index (κ2) is 19.8. The molecule has 0 atom stereocenters. The van der Waals surface area contributed by atoms with E-state index in [4.69, 9.17) is 28.6 Å². The molecule has 2 aromatic heterocycles. The van der Waals surface area contributed by atoms with Crippen molar-refractivity contribution in [3.8, 4) is 0 Å². The second-order valence-electron chi connectivity index (χ2n) is 12.2. The number of rotatable bonds is 8. The van der Waals surface area contributed by atoms with E-state index in [2.05, 4.69) is 102 Å². The molecular formula is C38H48Cl2N4Ti. The van der Waals surface area contributed by atoms with Crippen LogP contribution in [-0.4, -0.2) is 22.4 Å². The molecular weight excluding hydrogens is 631 g/mol. The van der Waals surface area contributed by atoms with Crippen molar-refractivity contribution in [1.29, 1.82) is 0 Å². The Morgan fingerprint density at radius 2 is 0.778 bits per heavy atom. The molecule has 0 aliphatic heterocycles. The third-order valence-corrected chi connectivity index (χ3v) is 7.16. The number of halogens is 2. The number of hydrogen-bond acceptors (Lipinski definition) is 4. The van der Waals surface area contributed by atoms with Gasteiger partial charge in [0.05, 0.1) is 35.2 Å². The summed E-state index contributed by atoms with van der Waals surface area (Å²) in [5.74, 6) is 1.84. The average molecular weight is 680 g/mol. The van der Waals surface area contributed by atoms with Gasteiger partial charge in [0, 0.05) is 11.4 Å². The van der Waals surface area contributed by atoms with Gasteiger partial charge >= 0.3 is 35.6 Å². The minimum atomic E-state index is -0.556. The molecule has 0 saturated carbocycles. The fraction of sp³-hybridized carbons (Fsp3) is 0.368. The van der Waals surface area contributed by atoms with Crippen molar-refractivity contribution in [2.45, 2.75) is 92.9 Å². The van der Waals surface area contributed by atoms with Gasteiger partial charge in [-0.15, -0.1) is 0 Å². The normalized spacial score (nSPS) is 11.3. The van der Waals surface area contributed by atoms with E-state index in [1.165, 1.54) is 22.3 Å². The van der Waals surface area contributed by atoms with E-state index >= 15 is 0 Å².